The lowest BCUT2D eigenvalue weighted by Gasteiger charge is -2.32. The zero-order valence-electron chi connectivity index (χ0n) is 11.3. The topological polar surface area (TPSA) is 29.3 Å². The van der Waals surface area contributed by atoms with Crippen molar-refractivity contribution >= 4 is 5.69 Å². The molecule has 100 valence electrons. The maximum absolute atomic E-state index is 13.2. The number of halogens is 1. The number of rotatable bonds is 4. The van der Waals surface area contributed by atoms with Crippen molar-refractivity contribution in [2.75, 3.05) is 18.5 Å². The number of hydrogen-bond acceptors (Lipinski definition) is 2. The summed E-state index contributed by atoms with van der Waals surface area (Å²) in [4.78, 5) is 1.97. The van der Waals surface area contributed by atoms with Gasteiger partial charge in [0.15, 0.2) is 0 Å². The molecule has 0 aliphatic heterocycles. The molecule has 0 heterocycles. The molecule has 19 heavy (non-hydrogen) atoms. The van der Waals surface area contributed by atoms with Crippen molar-refractivity contribution in [3.05, 3.63) is 66.0 Å². The highest BCUT2D eigenvalue weighted by atomic mass is 19.1. The SMILES string of the molecule is CN(CC(C)(N)c1ccccc1)c1cccc(F)c1. The van der Waals surface area contributed by atoms with Gasteiger partial charge in [0, 0.05) is 19.3 Å². The summed E-state index contributed by atoms with van der Waals surface area (Å²) in [5.74, 6) is -0.234. The third-order valence-electron chi connectivity index (χ3n) is 3.25. The Morgan fingerprint density at radius 1 is 1.11 bits per heavy atom. The molecule has 0 spiro atoms. The van der Waals surface area contributed by atoms with Crippen LogP contribution in [0.4, 0.5) is 10.1 Å². The maximum atomic E-state index is 13.2. The average Bonchev–Trinajstić information content (AvgIpc) is 2.39. The maximum Gasteiger partial charge on any atom is 0.125 e. The van der Waals surface area contributed by atoms with Crippen LogP contribution in [0.1, 0.15) is 12.5 Å². The van der Waals surface area contributed by atoms with Crippen molar-refractivity contribution in [3.8, 4) is 0 Å². The first kappa shape index (κ1) is 13.6. The molecule has 0 fully saturated rings. The predicted octanol–water partition coefficient (Wildman–Crippen LogP) is 3.14. The Morgan fingerprint density at radius 3 is 2.42 bits per heavy atom. The van der Waals surface area contributed by atoms with Crippen LogP contribution >= 0.6 is 0 Å². The molecule has 2 aromatic carbocycles. The van der Waals surface area contributed by atoms with Crippen molar-refractivity contribution in [1.29, 1.82) is 0 Å². The van der Waals surface area contributed by atoms with E-state index in [0.29, 0.717) is 6.54 Å². The summed E-state index contributed by atoms with van der Waals surface area (Å²) >= 11 is 0. The van der Waals surface area contributed by atoms with Crippen molar-refractivity contribution in [2.24, 2.45) is 5.73 Å². The van der Waals surface area contributed by atoms with E-state index in [-0.39, 0.29) is 5.82 Å². The Morgan fingerprint density at radius 2 is 1.79 bits per heavy atom. The number of hydrogen-bond donors (Lipinski definition) is 1. The molecule has 0 aliphatic rings. The van der Waals surface area contributed by atoms with Crippen LogP contribution in [0.2, 0.25) is 0 Å². The highest BCUT2D eigenvalue weighted by Gasteiger charge is 2.23. The monoisotopic (exact) mass is 258 g/mol. The summed E-state index contributed by atoms with van der Waals surface area (Å²) in [6.45, 7) is 2.60. The molecular formula is C16H19FN2. The van der Waals surface area contributed by atoms with Gasteiger partial charge < -0.3 is 10.6 Å². The molecule has 0 radical (unpaired) electrons. The van der Waals surface area contributed by atoms with Crippen LogP contribution in [-0.2, 0) is 5.54 Å². The standard InChI is InChI=1S/C16H19FN2/c1-16(18,13-7-4-3-5-8-13)12-19(2)15-10-6-9-14(17)11-15/h3-11H,12,18H2,1-2H3. The molecule has 3 heteroatoms. The van der Waals surface area contributed by atoms with Gasteiger partial charge in [-0.15, -0.1) is 0 Å². The number of nitrogens with two attached hydrogens (primary N) is 1. The van der Waals surface area contributed by atoms with E-state index in [2.05, 4.69) is 0 Å². The molecule has 2 aromatic rings. The second kappa shape index (κ2) is 5.41. The molecule has 0 saturated heterocycles. The Hall–Kier alpha value is -1.87. The molecule has 0 bridgehead atoms. The highest BCUT2D eigenvalue weighted by Crippen LogP contribution is 2.22. The minimum atomic E-state index is -0.484. The van der Waals surface area contributed by atoms with Gasteiger partial charge in [0.2, 0.25) is 0 Å². The third kappa shape index (κ3) is 3.32. The van der Waals surface area contributed by atoms with Crippen LogP contribution in [-0.4, -0.2) is 13.6 Å². The number of benzene rings is 2. The Labute approximate surface area is 113 Å². The zero-order valence-corrected chi connectivity index (χ0v) is 11.3. The smallest absolute Gasteiger partial charge is 0.125 e. The van der Waals surface area contributed by atoms with Gasteiger partial charge in [-0.3, -0.25) is 0 Å². The minimum Gasteiger partial charge on any atom is -0.372 e. The number of likely N-dealkylation sites (N-methyl/N-ethyl adjacent to an activating group) is 1. The first-order valence-corrected chi connectivity index (χ1v) is 6.30. The van der Waals surface area contributed by atoms with Crippen LogP contribution < -0.4 is 10.6 Å². The average molecular weight is 258 g/mol. The molecule has 2 nitrogen and oxygen atoms in total. The normalized spacial score (nSPS) is 13.9. The number of nitrogens with zero attached hydrogens (tertiary/aromatic N) is 1. The van der Waals surface area contributed by atoms with E-state index in [9.17, 15) is 4.39 Å². The van der Waals surface area contributed by atoms with E-state index in [1.165, 1.54) is 12.1 Å². The molecule has 0 aliphatic carbocycles. The van der Waals surface area contributed by atoms with Crippen molar-refractivity contribution in [1.82, 2.24) is 0 Å². The summed E-state index contributed by atoms with van der Waals surface area (Å²) in [5.41, 5.74) is 7.79. The fourth-order valence-electron chi connectivity index (χ4n) is 2.21. The van der Waals surface area contributed by atoms with Gasteiger partial charge in [-0.05, 0) is 30.7 Å². The fourth-order valence-corrected chi connectivity index (χ4v) is 2.21. The quantitative estimate of drug-likeness (QED) is 0.913. The third-order valence-corrected chi connectivity index (χ3v) is 3.25. The van der Waals surface area contributed by atoms with E-state index in [1.807, 2.05) is 55.3 Å². The first-order chi connectivity index (χ1) is 8.99. The van der Waals surface area contributed by atoms with Gasteiger partial charge in [0.05, 0.1) is 5.54 Å². The summed E-state index contributed by atoms with van der Waals surface area (Å²) < 4.78 is 13.2. The van der Waals surface area contributed by atoms with E-state index in [1.54, 1.807) is 6.07 Å². The summed E-state index contributed by atoms with van der Waals surface area (Å²) in [5, 5.41) is 0. The molecule has 0 saturated carbocycles. The lowest BCUT2D eigenvalue weighted by Crippen LogP contribution is -2.44. The van der Waals surface area contributed by atoms with Crippen LogP contribution in [0.15, 0.2) is 54.6 Å². The van der Waals surface area contributed by atoms with Gasteiger partial charge in [-0.2, -0.15) is 0 Å². The second-order valence-electron chi connectivity index (χ2n) is 5.12. The van der Waals surface area contributed by atoms with Gasteiger partial charge >= 0.3 is 0 Å². The van der Waals surface area contributed by atoms with E-state index in [4.69, 9.17) is 5.73 Å². The van der Waals surface area contributed by atoms with Gasteiger partial charge in [0.1, 0.15) is 5.82 Å². The predicted molar refractivity (Wildman–Crippen MR) is 77.7 cm³/mol. The molecule has 0 amide bonds. The molecule has 2 N–H and O–H groups in total. The van der Waals surface area contributed by atoms with E-state index < -0.39 is 5.54 Å². The lowest BCUT2D eigenvalue weighted by atomic mass is 9.92. The lowest BCUT2D eigenvalue weighted by molar-refractivity contribution is 0.495. The molecule has 2 rings (SSSR count). The minimum absolute atomic E-state index is 0.234. The van der Waals surface area contributed by atoms with E-state index >= 15 is 0 Å². The van der Waals surface area contributed by atoms with Crippen molar-refractivity contribution in [3.63, 3.8) is 0 Å². The second-order valence-corrected chi connectivity index (χ2v) is 5.12. The van der Waals surface area contributed by atoms with Crippen LogP contribution in [0.3, 0.4) is 0 Å². The summed E-state index contributed by atoms with van der Waals surface area (Å²) in [7, 11) is 1.92. The Bertz CT molecular complexity index is 537. The highest BCUT2D eigenvalue weighted by molar-refractivity contribution is 5.46. The van der Waals surface area contributed by atoms with Gasteiger partial charge in [0.25, 0.3) is 0 Å². The molecule has 0 aromatic heterocycles. The zero-order chi connectivity index (χ0) is 13.9. The molecular weight excluding hydrogens is 239 g/mol. The van der Waals surface area contributed by atoms with Crippen molar-refractivity contribution < 1.29 is 4.39 Å². The summed E-state index contributed by atoms with van der Waals surface area (Å²) in [6.07, 6.45) is 0. The van der Waals surface area contributed by atoms with Crippen molar-refractivity contribution in [2.45, 2.75) is 12.5 Å². The van der Waals surface area contributed by atoms with Crippen LogP contribution in [0.5, 0.6) is 0 Å². The van der Waals surface area contributed by atoms with Gasteiger partial charge in [-0.25, -0.2) is 4.39 Å². The largest absolute Gasteiger partial charge is 0.372 e. The van der Waals surface area contributed by atoms with Crippen LogP contribution in [0, 0.1) is 5.82 Å². The van der Waals surface area contributed by atoms with Gasteiger partial charge in [-0.1, -0.05) is 36.4 Å². The summed E-state index contributed by atoms with van der Waals surface area (Å²) in [6, 6.07) is 16.5. The first-order valence-electron chi connectivity index (χ1n) is 6.30. The Balaban J connectivity index is 2.16. The van der Waals surface area contributed by atoms with E-state index in [0.717, 1.165) is 11.3 Å². The molecule has 1 unspecified atom stereocenters. The molecule has 1 atom stereocenters. The Kier molecular flexibility index (Phi) is 3.86. The fraction of sp³-hybridized carbons (Fsp3) is 0.250. The number of anilines is 1. The van der Waals surface area contributed by atoms with Crippen LogP contribution in [0.25, 0.3) is 0 Å².